The molecule has 0 fully saturated rings. The van der Waals surface area contributed by atoms with Gasteiger partial charge in [-0.1, -0.05) is 11.6 Å². The Kier molecular flexibility index (Phi) is 5.44. The van der Waals surface area contributed by atoms with Crippen LogP contribution < -0.4 is 10.6 Å². The van der Waals surface area contributed by atoms with Crippen molar-refractivity contribution in [2.24, 2.45) is 0 Å². The number of rotatable bonds is 6. The third-order valence-corrected chi connectivity index (χ3v) is 2.69. The van der Waals surface area contributed by atoms with Gasteiger partial charge in [-0.05, 0) is 6.92 Å². The molecular formula is C8H13ClN4O2S. The predicted octanol–water partition coefficient (Wildman–Crippen LogP) is 0.754. The third kappa shape index (κ3) is 3.92. The fourth-order valence-electron chi connectivity index (χ4n) is 0.964. The number of nitrogens with one attached hydrogen (secondary N) is 2. The van der Waals surface area contributed by atoms with E-state index in [1.165, 1.54) is 0 Å². The van der Waals surface area contributed by atoms with Crippen molar-refractivity contribution < 1.29 is 9.53 Å². The maximum atomic E-state index is 11.5. The predicted molar refractivity (Wildman–Crippen MR) is 62.9 cm³/mol. The molecule has 0 aliphatic carbocycles. The molecule has 2 N–H and O–H groups in total. The number of amides is 1. The van der Waals surface area contributed by atoms with Crippen LogP contribution in [-0.4, -0.2) is 41.0 Å². The number of hydrogen-bond donors (Lipinski definition) is 2. The van der Waals surface area contributed by atoms with Crippen LogP contribution in [-0.2, 0) is 9.53 Å². The van der Waals surface area contributed by atoms with Crippen LogP contribution in [0.5, 0.6) is 0 Å². The summed E-state index contributed by atoms with van der Waals surface area (Å²) in [7, 11) is 1.58. The number of nitrogens with zero attached hydrogens (tertiary/aromatic N) is 2. The number of halogens is 1. The number of carbonyl (C=O) groups is 1. The van der Waals surface area contributed by atoms with Crippen LogP contribution in [0.3, 0.4) is 0 Å². The molecule has 16 heavy (non-hydrogen) atoms. The first-order valence-corrected chi connectivity index (χ1v) is 5.77. The Morgan fingerprint density at radius 2 is 2.38 bits per heavy atom. The van der Waals surface area contributed by atoms with E-state index in [-0.39, 0.29) is 11.1 Å². The number of carbonyl (C=O) groups excluding carboxylic acids is 1. The highest BCUT2D eigenvalue weighted by Crippen LogP contribution is 2.18. The molecule has 0 spiro atoms. The number of aromatic nitrogens is 2. The quantitative estimate of drug-likeness (QED) is 0.742. The second-order valence-electron chi connectivity index (χ2n) is 3.05. The van der Waals surface area contributed by atoms with E-state index >= 15 is 0 Å². The molecule has 1 amide bonds. The van der Waals surface area contributed by atoms with Gasteiger partial charge in [-0.15, -0.1) is 0 Å². The van der Waals surface area contributed by atoms with E-state index in [0.717, 1.165) is 11.7 Å². The van der Waals surface area contributed by atoms with Crippen molar-refractivity contribution in [2.45, 2.75) is 13.0 Å². The van der Waals surface area contributed by atoms with Gasteiger partial charge in [-0.25, -0.2) is 0 Å². The van der Waals surface area contributed by atoms with Gasteiger partial charge in [0.1, 0.15) is 6.04 Å². The summed E-state index contributed by atoms with van der Waals surface area (Å²) >= 11 is 6.73. The highest BCUT2D eigenvalue weighted by atomic mass is 35.5. The number of hydrogen-bond acceptors (Lipinski definition) is 6. The molecule has 1 atom stereocenters. The molecule has 0 aromatic carbocycles. The average molecular weight is 265 g/mol. The maximum Gasteiger partial charge on any atom is 0.242 e. The molecule has 0 aliphatic heterocycles. The highest BCUT2D eigenvalue weighted by Gasteiger charge is 2.15. The zero-order valence-corrected chi connectivity index (χ0v) is 10.6. The van der Waals surface area contributed by atoms with Crippen LogP contribution in [0.2, 0.25) is 5.15 Å². The van der Waals surface area contributed by atoms with E-state index in [1.807, 2.05) is 0 Å². The summed E-state index contributed by atoms with van der Waals surface area (Å²) in [6, 6.07) is -0.418. The summed E-state index contributed by atoms with van der Waals surface area (Å²) in [6.07, 6.45) is 0. The molecular weight excluding hydrogens is 252 g/mol. The van der Waals surface area contributed by atoms with Crippen molar-refractivity contribution in [3.05, 3.63) is 5.15 Å². The maximum absolute atomic E-state index is 11.5. The lowest BCUT2D eigenvalue weighted by atomic mass is 10.3. The van der Waals surface area contributed by atoms with Gasteiger partial charge in [0, 0.05) is 13.7 Å². The zero-order chi connectivity index (χ0) is 12.0. The lowest BCUT2D eigenvalue weighted by Gasteiger charge is -2.13. The van der Waals surface area contributed by atoms with Crippen LogP contribution in [0.4, 0.5) is 5.82 Å². The lowest BCUT2D eigenvalue weighted by molar-refractivity contribution is -0.121. The SMILES string of the molecule is COCCNC(=O)C(C)Nc1nsnc1Cl. The van der Waals surface area contributed by atoms with Crippen LogP contribution >= 0.6 is 23.3 Å². The van der Waals surface area contributed by atoms with Crippen molar-refractivity contribution in [1.82, 2.24) is 14.1 Å². The lowest BCUT2D eigenvalue weighted by Crippen LogP contribution is -2.39. The average Bonchev–Trinajstić information content (AvgIpc) is 2.64. The Morgan fingerprint density at radius 3 is 2.94 bits per heavy atom. The summed E-state index contributed by atoms with van der Waals surface area (Å²) in [5, 5.41) is 5.85. The molecule has 6 nitrogen and oxygen atoms in total. The van der Waals surface area contributed by atoms with E-state index in [0.29, 0.717) is 19.0 Å². The Hall–Kier alpha value is -0.920. The monoisotopic (exact) mass is 264 g/mol. The summed E-state index contributed by atoms with van der Waals surface area (Å²) in [5.41, 5.74) is 0. The van der Waals surface area contributed by atoms with Crippen molar-refractivity contribution in [1.29, 1.82) is 0 Å². The second-order valence-corrected chi connectivity index (χ2v) is 3.94. The fourth-order valence-corrected chi connectivity index (χ4v) is 1.62. The van der Waals surface area contributed by atoms with Gasteiger partial charge < -0.3 is 15.4 Å². The van der Waals surface area contributed by atoms with Gasteiger partial charge in [0.05, 0.1) is 18.3 Å². The van der Waals surface area contributed by atoms with Crippen molar-refractivity contribution in [3.63, 3.8) is 0 Å². The van der Waals surface area contributed by atoms with Gasteiger partial charge in [0.2, 0.25) is 5.91 Å². The molecule has 0 saturated carbocycles. The third-order valence-electron chi connectivity index (χ3n) is 1.80. The molecule has 1 unspecified atom stereocenters. The molecule has 0 saturated heterocycles. The van der Waals surface area contributed by atoms with Crippen LogP contribution in [0, 0.1) is 0 Å². The Morgan fingerprint density at radius 1 is 1.62 bits per heavy atom. The molecule has 0 radical (unpaired) electrons. The minimum absolute atomic E-state index is 0.138. The van der Waals surface area contributed by atoms with E-state index in [4.69, 9.17) is 16.3 Å². The van der Waals surface area contributed by atoms with E-state index < -0.39 is 6.04 Å². The minimum Gasteiger partial charge on any atom is -0.383 e. The van der Waals surface area contributed by atoms with Crippen molar-refractivity contribution in [2.75, 3.05) is 25.6 Å². The first-order chi connectivity index (χ1) is 7.65. The van der Waals surface area contributed by atoms with Gasteiger partial charge in [-0.2, -0.15) is 8.75 Å². The van der Waals surface area contributed by atoms with Crippen LogP contribution in [0.15, 0.2) is 0 Å². The smallest absolute Gasteiger partial charge is 0.242 e. The second kappa shape index (κ2) is 6.62. The van der Waals surface area contributed by atoms with Crippen molar-refractivity contribution >= 4 is 35.1 Å². The standard InChI is InChI=1S/C8H13ClN4O2S/c1-5(8(14)10-3-4-15-2)11-7-6(9)12-16-13-7/h5H,3-4H2,1-2H3,(H,10,14)(H,11,13). The van der Waals surface area contributed by atoms with E-state index in [1.54, 1.807) is 14.0 Å². The summed E-state index contributed by atoms with van der Waals surface area (Å²) in [4.78, 5) is 11.5. The molecule has 1 aromatic rings. The normalized spacial score (nSPS) is 12.2. The van der Waals surface area contributed by atoms with Gasteiger partial charge in [-0.3, -0.25) is 4.79 Å². The molecule has 8 heteroatoms. The number of ether oxygens (including phenoxy) is 1. The van der Waals surface area contributed by atoms with E-state index in [2.05, 4.69) is 19.4 Å². The summed E-state index contributed by atoms with van der Waals surface area (Å²) in [6.45, 7) is 2.68. The topological polar surface area (TPSA) is 76.1 Å². The molecule has 0 aliphatic rings. The number of anilines is 1. The molecule has 1 rings (SSSR count). The summed E-state index contributed by atoms with van der Waals surface area (Å²) < 4.78 is 12.5. The van der Waals surface area contributed by atoms with Crippen LogP contribution in [0.1, 0.15) is 6.92 Å². The number of methoxy groups -OCH3 is 1. The Labute approximate surface area is 103 Å². The molecule has 1 heterocycles. The minimum atomic E-state index is -0.418. The van der Waals surface area contributed by atoms with Gasteiger partial charge >= 0.3 is 0 Å². The Balaban J connectivity index is 2.37. The van der Waals surface area contributed by atoms with Gasteiger partial charge in [0.25, 0.3) is 0 Å². The molecule has 1 aromatic heterocycles. The van der Waals surface area contributed by atoms with Crippen LogP contribution in [0.25, 0.3) is 0 Å². The van der Waals surface area contributed by atoms with Gasteiger partial charge in [0.15, 0.2) is 11.0 Å². The van der Waals surface area contributed by atoms with E-state index in [9.17, 15) is 4.79 Å². The first-order valence-electron chi connectivity index (χ1n) is 4.66. The molecule has 90 valence electrons. The largest absolute Gasteiger partial charge is 0.383 e. The zero-order valence-electron chi connectivity index (χ0n) is 8.99. The van der Waals surface area contributed by atoms with Crippen molar-refractivity contribution in [3.8, 4) is 0 Å². The first kappa shape index (κ1) is 13.1. The Bertz CT molecular complexity index is 347. The summed E-state index contributed by atoms with van der Waals surface area (Å²) in [5.74, 6) is 0.294. The highest BCUT2D eigenvalue weighted by molar-refractivity contribution is 6.99. The molecule has 0 bridgehead atoms. The fraction of sp³-hybridized carbons (Fsp3) is 0.625.